The minimum atomic E-state index is 0.0209. The molecule has 2 aliphatic rings. The van der Waals surface area contributed by atoms with Gasteiger partial charge in [-0.2, -0.15) is 4.98 Å². The number of aliphatic hydroxyl groups excluding tert-OH is 1. The van der Waals surface area contributed by atoms with E-state index in [9.17, 15) is 0 Å². The van der Waals surface area contributed by atoms with Crippen LogP contribution in [0.3, 0.4) is 0 Å². The Morgan fingerprint density at radius 1 is 1.40 bits per heavy atom. The molecule has 7 nitrogen and oxygen atoms in total. The first-order chi connectivity index (χ1) is 12.2. The lowest BCUT2D eigenvalue weighted by atomic mass is 10.2. The third kappa shape index (κ3) is 2.42. The molecule has 2 saturated heterocycles. The lowest BCUT2D eigenvalue weighted by molar-refractivity contribution is 0.311. The monoisotopic (exact) mass is 359 g/mol. The van der Waals surface area contributed by atoms with Crippen LogP contribution in [0.1, 0.15) is 6.42 Å². The summed E-state index contributed by atoms with van der Waals surface area (Å²) in [5.41, 5.74) is 2.19. The van der Waals surface area contributed by atoms with Crippen molar-refractivity contribution >= 4 is 45.4 Å². The van der Waals surface area contributed by atoms with Gasteiger partial charge in [0.05, 0.1) is 6.61 Å². The Morgan fingerprint density at radius 2 is 2.32 bits per heavy atom. The number of fused-ring (bicyclic) bond motifs is 5. The number of furan rings is 1. The van der Waals surface area contributed by atoms with Crippen LogP contribution in [0.5, 0.6) is 0 Å². The van der Waals surface area contributed by atoms with Crippen molar-refractivity contribution in [2.24, 2.45) is 0 Å². The van der Waals surface area contributed by atoms with Crippen molar-refractivity contribution in [2.75, 3.05) is 36.5 Å². The number of aromatic nitrogens is 2. The SMILES string of the molecule is OCCNc1nc(N2C[C@@H]3C[C@H]2CN3)c2oc3ccc(Cl)cc3c2n1. The number of benzene rings is 1. The highest BCUT2D eigenvalue weighted by Crippen LogP contribution is 2.38. The standard InChI is InChI=1S/C17H18ClN5O2/c18-9-1-2-13-12(5-9)14-15(25-13)16(22-17(21-14)19-3-4-24)23-8-10-6-11(23)7-20-10/h1-2,5,10-11,20,24H,3-4,6-8H2,(H,19,21,22)/t10-,11-/m0/s1. The van der Waals surface area contributed by atoms with Crippen molar-refractivity contribution < 1.29 is 9.52 Å². The molecule has 25 heavy (non-hydrogen) atoms. The minimum absolute atomic E-state index is 0.0209. The maximum absolute atomic E-state index is 9.10. The average Bonchev–Trinajstić information content (AvgIpc) is 3.33. The average molecular weight is 360 g/mol. The van der Waals surface area contributed by atoms with E-state index in [-0.39, 0.29) is 6.61 Å². The molecule has 0 unspecified atom stereocenters. The molecule has 0 radical (unpaired) electrons. The highest BCUT2D eigenvalue weighted by molar-refractivity contribution is 6.31. The zero-order chi connectivity index (χ0) is 17.0. The molecule has 2 atom stereocenters. The molecule has 0 spiro atoms. The van der Waals surface area contributed by atoms with Gasteiger partial charge in [0.1, 0.15) is 11.1 Å². The van der Waals surface area contributed by atoms with Crippen molar-refractivity contribution in [3.63, 3.8) is 0 Å². The van der Waals surface area contributed by atoms with Crippen LogP contribution in [0, 0.1) is 0 Å². The van der Waals surface area contributed by atoms with Crippen LogP contribution < -0.4 is 15.5 Å². The normalized spacial score (nSPS) is 22.4. The van der Waals surface area contributed by atoms with Gasteiger partial charge in [-0.25, -0.2) is 4.98 Å². The molecule has 130 valence electrons. The maximum Gasteiger partial charge on any atom is 0.225 e. The number of halogens is 1. The lowest BCUT2D eigenvalue weighted by Gasteiger charge is -2.28. The van der Waals surface area contributed by atoms with Crippen molar-refractivity contribution in [3.05, 3.63) is 23.2 Å². The summed E-state index contributed by atoms with van der Waals surface area (Å²) in [5.74, 6) is 1.31. The fourth-order valence-corrected chi connectivity index (χ4v) is 4.04. The van der Waals surface area contributed by atoms with Crippen molar-refractivity contribution in [3.8, 4) is 0 Å². The van der Waals surface area contributed by atoms with E-state index in [1.54, 1.807) is 0 Å². The van der Waals surface area contributed by atoms with Crippen LogP contribution in [0.2, 0.25) is 5.02 Å². The van der Waals surface area contributed by atoms with E-state index in [1.807, 2.05) is 18.2 Å². The highest BCUT2D eigenvalue weighted by atomic mass is 35.5. The Balaban J connectivity index is 1.72. The van der Waals surface area contributed by atoms with Crippen LogP contribution in [0.4, 0.5) is 11.8 Å². The fraction of sp³-hybridized carbons (Fsp3) is 0.412. The number of anilines is 2. The predicted octanol–water partition coefficient (Wildman–Crippen LogP) is 1.98. The van der Waals surface area contributed by atoms with Crippen LogP contribution in [0.25, 0.3) is 22.1 Å². The summed E-state index contributed by atoms with van der Waals surface area (Å²) in [6, 6.07) is 6.47. The summed E-state index contributed by atoms with van der Waals surface area (Å²) in [5, 5.41) is 17.2. The summed E-state index contributed by atoms with van der Waals surface area (Å²) in [7, 11) is 0. The largest absolute Gasteiger partial charge is 0.450 e. The molecule has 0 amide bonds. The lowest BCUT2D eigenvalue weighted by Crippen LogP contribution is -2.44. The van der Waals surface area contributed by atoms with E-state index in [0.29, 0.717) is 35.2 Å². The van der Waals surface area contributed by atoms with Gasteiger partial charge >= 0.3 is 0 Å². The Kier molecular flexibility index (Phi) is 3.48. The summed E-state index contributed by atoms with van der Waals surface area (Å²) >= 11 is 6.17. The van der Waals surface area contributed by atoms with Gasteiger partial charge in [-0.15, -0.1) is 0 Å². The predicted molar refractivity (Wildman–Crippen MR) is 97.4 cm³/mol. The molecule has 2 fully saturated rings. The zero-order valence-electron chi connectivity index (χ0n) is 13.5. The highest BCUT2D eigenvalue weighted by Gasteiger charge is 2.39. The second-order valence-corrected chi connectivity index (χ2v) is 7.02. The molecule has 3 N–H and O–H groups in total. The Bertz CT molecular complexity index is 959. The summed E-state index contributed by atoms with van der Waals surface area (Å²) in [4.78, 5) is 11.6. The van der Waals surface area contributed by atoms with E-state index < -0.39 is 0 Å². The molecule has 4 heterocycles. The molecule has 2 aromatic heterocycles. The van der Waals surface area contributed by atoms with Gasteiger partial charge in [-0.05, 0) is 24.6 Å². The number of hydrogen-bond donors (Lipinski definition) is 3. The van der Waals surface area contributed by atoms with Crippen LogP contribution in [-0.4, -0.2) is 53.4 Å². The third-order valence-corrected chi connectivity index (χ3v) is 5.22. The van der Waals surface area contributed by atoms with Crippen molar-refractivity contribution in [1.29, 1.82) is 0 Å². The quantitative estimate of drug-likeness (QED) is 0.656. The first-order valence-corrected chi connectivity index (χ1v) is 8.85. The van der Waals surface area contributed by atoms with Crippen LogP contribution >= 0.6 is 11.6 Å². The number of hydrogen-bond acceptors (Lipinski definition) is 7. The number of piperazine rings is 1. The Labute approximate surface area is 149 Å². The molecule has 8 heteroatoms. The summed E-state index contributed by atoms with van der Waals surface area (Å²) in [6.07, 6.45) is 1.12. The van der Waals surface area contributed by atoms with E-state index in [1.165, 1.54) is 0 Å². The number of rotatable bonds is 4. The summed E-state index contributed by atoms with van der Waals surface area (Å²) < 4.78 is 6.10. The van der Waals surface area contributed by atoms with Gasteiger partial charge in [0.25, 0.3) is 0 Å². The van der Waals surface area contributed by atoms with E-state index in [4.69, 9.17) is 26.1 Å². The molecule has 5 rings (SSSR count). The second-order valence-electron chi connectivity index (χ2n) is 6.59. The third-order valence-electron chi connectivity index (χ3n) is 4.98. The molecular formula is C17H18ClN5O2. The van der Waals surface area contributed by atoms with Crippen LogP contribution in [0.15, 0.2) is 22.6 Å². The van der Waals surface area contributed by atoms with E-state index >= 15 is 0 Å². The molecular weight excluding hydrogens is 342 g/mol. The maximum atomic E-state index is 9.10. The van der Waals surface area contributed by atoms with Crippen molar-refractivity contribution in [2.45, 2.75) is 18.5 Å². The molecule has 2 bridgehead atoms. The van der Waals surface area contributed by atoms with Crippen molar-refractivity contribution in [1.82, 2.24) is 15.3 Å². The Morgan fingerprint density at radius 3 is 3.08 bits per heavy atom. The number of nitrogens with one attached hydrogen (secondary N) is 2. The minimum Gasteiger partial charge on any atom is -0.450 e. The van der Waals surface area contributed by atoms with Gasteiger partial charge in [-0.3, -0.25) is 0 Å². The van der Waals surface area contributed by atoms with Gasteiger partial charge < -0.3 is 25.1 Å². The van der Waals surface area contributed by atoms with Gasteiger partial charge in [-0.1, -0.05) is 11.6 Å². The number of aliphatic hydroxyl groups is 1. The molecule has 0 aliphatic carbocycles. The van der Waals surface area contributed by atoms with Gasteiger partial charge in [0, 0.05) is 42.1 Å². The van der Waals surface area contributed by atoms with E-state index in [2.05, 4.69) is 20.5 Å². The Hall–Kier alpha value is -2.09. The first kappa shape index (κ1) is 15.2. The molecule has 0 saturated carbocycles. The summed E-state index contributed by atoms with van der Waals surface area (Å²) in [6.45, 7) is 2.29. The molecule has 2 aliphatic heterocycles. The topological polar surface area (TPSA) is 86.5 Å². The van der Waals surface area contributed by atoms with Crippen LogP contribution in [-0.2, 0) is 0 Å². The number of nitrogens with zero attached hydrogens (tertiary/aromatic N) is 3. The first-order valence-electron chi connectivity index (χ1n) is 8.47. The fourth-order valence-electron chi connectivity index (χ4n) is 3.86. The smallest absolute Gasteiger partial charge is 0.225 e. The zero-order valence-corrected chi connectivity index (χ0v) is 14.3. The molecule has 3 aromatic rings. The van der Waals surface area contributed by atoms with Gasteiger partial charge in [0.2, 0.25) is 5.95 Å². The molecule has 1 aromatic carbocycles. The van der Waals surface area contributed by atoms with Gasteiger partial charge in [0.15, 0.2) is 11.4 Å². The van der Waals surface area contributed by atoms with E-state index in [0.717, 1.165) is 41.8 Å². The second kappa shape index (κ2) is 5.72.